The Hall–Kier alpha value is -0.930. The van der Waals surface area contributed by atoms with Gasteiger partial charge in [-0.15, -0.1) is 0 Å². The molecule has 0 bridgehead atoms. The molecule has 2 aliphatic rings. The zero-order chi connectivity index (χ0) is 17.7. The van der Waals surface area contributed by atoms with E-state index in [9.17, 15) is 0 Å². The Bertz CT molecular complexity index is 456. The highest BCUT2D eigenvalue weighted by molar-refractivity contribution is 5.02. The summed E-state index contributed by atoms with van der Waals surface area (Å²) in [4.78, 5) is 2.85. The summed E-state index contributed by atoms with van der Waals surface area (Å²) in [5.74, 6) is 0. The van der Waals surface area contributed by atoms with Gasteiger partial charge in [0.15, 0.2) is 6.23 Å². The van der Waals surface area contributed by atoms with E-state index in [0.29, 0.717) is 13.0 Å². The van der Waals surface area contributed by atoms with Crippen molar-refractivity contribution >= 4 is 0 Å². The van der Waals surface area contributed by atoms with Gasteiger partial charge in [0, 0.05) is 38.1 Å². The first-order valence-corrected chi connectivity index (χ1v) is 7.97. The van der Waals surface area contributed by atoms with Crippen LogP contribution >= 0.6 is 0 Å². The Morgan fingerprint density at radius 3 is 2.58 bits per heavy atom. The van der Waals surface area contributed by atoms with Crippen molar-refractivity contribution < 1.29 is 28.4 Å². The highest BCUT2D eigenvalue weighted by Crippen LogP contribution is 2.44. The summed E-state index contributed by atoms with van der Waals surface area (Å²) in [6, 6.07) is 0. The Morgan fingerprint density at radius 2 is 2.00 bits per heavy atom. The van der Waals surface area contributed by atoms with Crippen LogP contribution in [-0.2, 0) is 28.4 Å². The van der Waals surface area contributed by atoms with Crippen LogP contribution in [0.1, 0.15) is 20.3 Å². The van der Waals surface area contributed by atoms with Crippen LogP contribution in [0.5, 0.6) is 0 Å². The van der Waals surface area contributed by atoms with E-state index in [0.717, 1.165) is 0 Å². The maximum Gasteiger partial charge on any atom is 0.168 e. The quantitative estimate of drug-likeness (QED) is 0.396. The third-order valence-electron chi connectivity index (χ3n) is 4.87. The molecule has 0 aliphatic carbocycles. The number of methoxy groups -OCH3 is 3. The summed E-state index contributed by atoms with van der Waals surface area (Å²) >= 11 is 0. The summed E-state index contributed by atoms with van der Waals surface area (Å²) in [5, 5.41) is 3.70. The lowest BCUT2D eigenvalue weighted by Gasteiger charge is -2.53. The van der Waals surface area contributed by atoms with Crippen LogP contribution in [0.2, 0.25) is 0 Å². The highest BCUT2D eigenvalue weighted by atomic mass is 16.7. The normalized spacial score (nSPS) is 36.5. The van der Waals surface area contributed by atoms with E-state index in [1.165, 1.54) is 0 Å². The van der Waals surface area contributed by atoms with Crippen LogP contribution < -0.4 is 0 Å². The zero-order valence-electron chi connectivity index (χ0n) is 14.9. The van der Waals surface area contributed by atoms with E-state index in [1.54, 1.807) is 21.3 Å². The molecule has 0 aromatic heterocycles. The number of rotatable bonds is 7. The molecular weight excluding hydrogens is 318 g/mol. The van der Waals surface area contributed by atoms with Gasteiger partial charge in [0.2, 0.25) is 0 Å². The SMILES string of the molecule is COC[C@@H](C[C@H]1O[C@@H]2C(N=[N+]=[N-])OCO[C@@H]2[C@@H](OC)C1(C)C)OC. The van der Waals surface area contributed by atoms with Crippen LogP contribution in [0, 0.1) is 5.41 Å². The second-order valence-electron chi connectivity index (χ2n) is 6.63. The van der Waals surface area contributed by atoms with Gasteiger partial charge >= 0.3 is 0 Å². The molecule has 0 amide bonds. The summed E-state index contributed by atoms with van der Waals surface area (Å²) in [6.45, 7) is 4.65. The first kappa shape index (κ1) is 19.4. The first-order valence-electron chi connectivity index (χ1n) is 7.97. The third kappa shape index (κ3) is 3.83. The van der Waals surface area contributed by atoms with E-state index in [2.05, 4.69) is 23.9 Å². The van der Waals surface area contributed by atoms with Gasteiger partial charge in [-0.05, 0) is 5.53 Å². The number of nitrogens with zero attached hydrogens (tertiary/aromatic N) is 3. The molecule has 2 aliphatic heterocycles. The average molecular weight is 345 g/mol. The fourth-order valence-corrected chi connectivity index (χ4v) is 3.52. The number of azide groups is 1. The maximum absolute atomic E-state index is 8.77. The predicted molar refractivity (Wildman–Crippen MR) is 84.3 cm³/mol. The lowest BCUT2D eigenvalue weighted by molar-refractivity contribution is -0.327. The Balaban J connectivity index is 2.25. The lowest BCUT2D eigenvalue weighted by atomic mass is 9.72. The summed E-state index contributed by atoms with van der Waals surface area (Å²) in [6.07, 6.45) is -1.58. The fraction of sp³-hybridized carbons (Fsp3) is 1.00. The van der Waals surface area contributed by atoms with Crippen molar-refractivity contribution in [3.05, 3.63) is 10.4 Å². The molecule has 0 radical (unpaired) electrons. The smallest absolute Gasteiger partial charge is 0.168 e. The Morgan fingerprint density at radius 1 is 1.25 bits per heavy atom. The molecule has 0 aromatic rings. The van der Waals surface area contributed by atoms with E-state index in [1.807, 2.05) is 0 Å². The van der Waals surface area contributed by atoms with Crippen molar-refractivity contribution in [1.29, 1.82) is 0 Å². The van der Waals surface area contributed by atoms with Crippen molar-refractivity contribution in [2.45, 2.75) is 57.0 Å². The van der Waals surface area contributed by atoms with Gasteiger partial charge < -0.3 is 28.4 Å². The minimum atomic E-state index is -0.742. The van der Waals surface area contributed by atoms with E-state index in [-0.39, 0.29) is 36.6 Å². The molecule has 2 fully saturated rings. The maximum atomic E-state index is 8.77. The average Bonchev–Trinajstić information content (AvgIpc) is 2.55. The molecule has 2 heterocycles. The fourth-order valence-electron chi connectivity index (χ4n) is 3.52. The molecule has 0 aromatic carbocycles. The van der Waals surface area contributed by atoms with Gasteiger partial charge in [-0.2, -0.15) is 0 Å². The molecule has 0 saturated carbocycles. The summed E-state index contributed by atoms with van der Waals surface area (Å²) < 4.78 is 33.8. The van der Waals surface area contributed by atoms with Crippen molar-refractivity contribution in [2.24, 2.45) is 10.5 Å². The van der Waals surface area contributed by atoms with Gasteiger partial charge in [-0.3, -0.25) is 0 Å². The van der Waals surface area contributed by atoms with Crippen molar-refractivity contribution in [2.75, 3.05) is 34.7 Å². The molecule has 6 atom stereocenters. The number of hydrogen-bond acceptors (Lipinski definition) is 7. The zero-order valence-corrected chi connectivity index (χ0v) is 14.9. The number of ether oxygens (including phenoxy) is 6. The summed E-state index contributed by atoms with van der Waals surface area (Å²) in [7, 11) is 4.93. The molecular formula is C15H27N3O6. The van der Waals surface area contributed by atoms with Gasteiger partial charge in [0.1, 0.15) is 19.0 Å². The third-order valence-corrected chi connectivity index (χ3v) is 4.87. The predicted octanol–water partition coefficient (Wildman–Crippen LogP) is 1.86. The summed E-state index contributed by atoms with van der Waals surface area (Å²) in [5.41, 5.74) is 8.43. The molecule has 9 heteroatoms. The Labute approximate surface area is 142 Å². The van der Waals surface area contributed by atoms with Crippen molar-refractivity contribution in [3.8, 4) is 0 Å². The van der Waals surface area contributed by atoms with E-state index in [4.69, 9.17) is 34.0 Å². The van der Waals surface area contributed by atoms with Crippen LogP contribution in [-0.4, -0.2) is 71.5 Å². The van der Waals surface area contributed by atoms with Crippen molar-refractivity contribution in [1.82, 2.24) is 0 Å². The van der Waals surface area contributed by atoms with Crippen molar-refractivity contribution in [3.63, 3.8) is 0 Å². The van der Waals surface area contributed by atoms with Gasteiger partial charge in [-0.1, -0.05) is 19.0 Å². The topological polar surface area (TPSA) is 104 Å². The standard InChI is InChI=1S/C15H27N3O6/c1-15(2)10(6-9(20-4)7-19-3)24-12-11(13(15)21-5)22-8-23-14(12)17-18-16/h9-14H,6-8H2,1-5H3/t9-,10-,11+,12+,13-,14?/m1/s1. The molecule has 0 spiro atoms. The number of fused-ring (bicyclic) bond motifs is 1. The lowest BCUT2D eigenvalue weighted by Crippen LogP contribution is -2.65. The first-order chi connectivity index (χ1) is 11.5. The monoisotopic (exact) mass is 345 g/mol. The molecule has 138 valence electrons. The van der Waals surface area contributed by atoms with Gasteiger partial charge in [0.25, 0.3) is 0 Å². The minimum absolute atomic E-state index is 0.0409. The minimum Gasteiger partial charge on any atom is -0.382 e. The molecule has 1 unspecified atom stereocenters. The van der Waals surface area contributed by atoms with E-state index < -0.39 is 12.3 Å². The van der Waals surface area contributed by atoms with E-state index >= 15 is 0 Å². The second kappa shape index (κ2) is 8.44. The van der Waals surface area contributed by atoms with Gasteiger partial charge in [0.05, 0.1) is 24.9 Å². The second-order valence-corrected chi connectivity index (χ2v) is 6.63. The van der Waals surface area contributed by atoms with Crippen LogP contribution in [0.25, 0.3) is 10.4 Å². The largest absolute Gasteiger partial charge is 0.382 e. The molecule has 9 nitrogen and oxygen atoms in total. The van der Waals surface area contributed by atoms with Crippen LogP contribution in [0.3, 0.4) is 0 Å². The molecule has 0 N–H and O–H groups in total. The van der Waals surface area contributed by atoms with Crippen LogP contribution in [0.4, 0.5) is 0 Å². The number of hydrogen-bond donors (Lipinski definition) is 0. The van der Waals surface area contributed by atoms with Crippen LogP contribution in [0.15, 0.2) is 5.11 Å². The highest BCUT2D eigenvalue weighted by Gasteiger charge is 2.55. The molecule has 24 heavy (non-hydrogen) atoms. The molecule has 2 saturated heterocycles. The molecule has 2 rings (SSSR count). The van der Waals surface area contributed by atoms with Gasteiger partial charge in [-0.25, -0.2) is 0 Å². The Kier molecular flexibility index (Phi) is 6.82.